The molecule has 0 unspecified atom stereocenters. The van der Waals surface area contributed by atoms with E-state index in [1.165, 1.54) is 29.7 Å². The summed E-state index contributed by atoms with van der Waals surface area (Å²) in [6.45, 7) is 3.24. The topological polar surface area (TPSA) is 31.9 Å². The molecular formula is C21H22ClN3. The van der Waals surface area contributed by atoms with Crippen LogP contribution < -0.4 is 0 Å². The molecule has 1 aliphatic heterocycles. The van der Waals surface area contributed by atoms with E-state index in [1.807, 2.05) is 18.2 Å². The second-order valence-corrected chi connectivity index (χ2v) is 7.19. The first kappa shape index (κ1) is 16.4. The van der Waals surface area contributed by atoms with E-state index in [4.69, 9.17) is 11.6 Å². The molecule has 0 spiro atoms. The van der Waals surface area contributed by atoms with Gasteiger partial charge in [-0.2, -0.15) is 5.10 Å². The molecule has 0 atom stereocenters. The van der Waals surface area contributed by atoms with Crippen molar-refractivity contribution < 1.29 is 0 Å². The summed E-state index contributed by atoms with van der Waals surface area (Å²) in [6.07, 6.45) is 2.34. The number of benzene rings is 2. The third kappa shape index (κ3) is 3.94. The molecule has 25 heavy (non-hydrogen) atoms. The molecule has 0 saturated carbocycles. The van der Waals surface area contributed by atoms with E-state index < -0.39 is 0 Å². The Morgan fingerprint density at radius 2 is 1.72 bits per heavy atom. The van der Waals surface area contributed by atoms with Crippen molar-refractivity contribution in [2.24, 2.45) is 0 Å². The molecule has 0 bridgehead atoms. The van der Waals surface area contributed by atoms with Crippen molar-refractivity contribution in [1.29, 1.82) is 0 Å². The first-order valence-electron chi connectivity index (χ1n) is 8.85. The van der Waals surface area contributed by atoms with Crippen molar-refractivity contribution >= 4 is 11.6 Å². The van der Waals surface area contributed by atoms with Crippen LogP contribution in [0.25, 0.3) is 11.3 Å². The van der Waals surface area contributed by atoms with Gasteiger partial charge in [0.15, 0.2) is 0 Å². The van der Waals surface area contributed by atoms with Crippen LogP contribution in [0.1, 0.15) is 30.0 Å². The molecule has 1 aliphatic rings. The average molecular weight is 352 g/mol. The van der Waals surface area contributed by atoms with Crippen LogP contribution in [0.3, 0.4) is 0 Å². The zero-order valence-electron chi connectivity index (χ0n) is 14.2. The highest BCUT2D eigenvalue weighted by Crippen LogP contribution is 2.29. The maximum Gasteiger partial charge on any atom is 0.0923 e. The number of aromatic nitrogens is 2. The Bertz CT molecular complexity index is 803. The number of hydrogen-bond acceptors (Lipinski definition) is 2. The van der Waals surface area contributed by atoms with Gasteiger partial charge in [0.05, 0.1) is 5.69 Å². The molecule has 2 aromatic carbocycles. The number of H-pyrrole nitrogens is 1. The summed E-state index contributed by atoms with van der Waals surface area (Å²) in [5.41, 5.74) is 4.81. The Hall–Kier alpha value is -2.10. The van der Waals surface area contributed by atoms with Gasteiger partial charge in [-0.3, -0.25) is 10.00 Å². The Labute approximate surface area is 153 Å². The number of nitrogens with zero attached hydrogens (tertiary/aromatic N) is 2. The number of halogens is 1. The zero-order chi connectivity index (χ0) is 17.1. The maximum absolute atomic E-state index is 5.96. The quantitative estimate of drug-likeness (QED) is 0.708. The largest absolute Gasteiger partial charge is 0.299 e. The number of hydrogen-bond donors (Lipinski definition) is 1. The number of piperidine rings is 1. The summed E-state index contributed by atoms with van der Waals surface area (Å²) >= 11 is 5.96. The third-order valence-corrected chi connectivity index (χ3v) is 5.27. The van der Waals surface area contributed by atoms with Gasteiger partial charge in [0.2, 0.25) is 0 Å². The molecule has 1 fully saturated rings. The van der Waals surface area contributed by atoms with Crippen LogP contribution in [0.15, 0.2) is 60.7 Å². The molecule has 3 nitrogen and oxygen atoms in total. The van der Waals surface area contributed by atoms with E-state index in [2.05, 4.69) is 57.6 Å². The van der Waals surface area contributed by atoms with Gasteiger partial charge in [-0.15, -0.1) is 0 Å². The molecule has 3 aromatic rings. The highest BCUT2D eigenvalue weighted by Gasteiger charge is 2.22. The fourth-order valence-electron chi connectivity index (χ4n) is 3.55. The standard InChI is InChI=1S/C21H22ClN3/c22-19-8-6-16(7-9-19)15-25-12-10-18(11-13-25)21-14-20(23-24-21)17-4-2-1-3-5-17/h1-9,14,18H,10-13,15H2,(H,23,24). The summed E-state index contributed by atoms with van der Waals surface area (Å²) in [4.78, 5) is 2.52. The molecule has 1 aromatic heterocycles. The van der Waals surface area contributed by atoms with Crippen LogP contribution in [-0.2, 0) is 6.54 Å². The second kappa shape index (κ2) is 7.42. The predicted octanol–water partition coefficient (Wildman–Crippen LogP) is 5.11. The molecule has 1 N–H and O–H groups in total. The van der Waals surface area contributed by atoms with Crippen molar-refractivity contribution in [2.45, 2.75) is 25.3 Å². The molecule has 0 radical (unpaired) electrons. The summed E-state index contributed by atoms with van der Waals surface area (Å²) in [7, 11) is 0. The lowest BCUT2D eigenvalue weighted by molar-refractivity contribution is 0.203. The predicted molar refractivity (Wildman–Crippen MR) is 103 cm³/mol. The fourth-order valence-corrected chi connectivity index (χ4v) is 3.68. The second-order valence-electron chi connectivity index (χ2n) is 6.75. The molecule has 0 amide bonds. The van der Waals surface area contributed by atoms with E-state index in [0.29, 0.717) is 5.92 Å². The van der Waals surface area contributed by atoms with Gasteiger partial charge in [0.25, 0.3) is 0 Å². The highest BCUT2D eigenvalue weighted by molar-refractivity contribution is 6.30. The maximum atomic E-state index is 5.96. The Morgan fingerprint density at radius 1 is 1.00 bits per heavy atom. The minimum atomic E-state index is 0.575. The van der Waals surface area contributed by atoms with Gasteiger partial charge in [0, 0.05) is 28.7 Å². The van der Waals surface area contributed by atoms with Crippen LogP contribution in [0.4, 0.5) is 0 Å². The van der Waals surface area contributed by atoms with Crippen molar-refractivity contribution in [3.05, 3.63) is 76.9 Å². The summed E-state index contributed by atoms with van der Waals surface area (Å²) in [5.74, 6) is 0.575. The van der Waals surface area contributed by atoms with E-state index >= 15 is 0 Å². The summed E-state index contributed by atoms with van der Waals surface area (Å²) in [6, 6.07) is 20.8. The third-order valence-electron chi connectivity index (χ3n) is 5.01. The molecular weight excluding hydrogens is 330 g/mol. The lowest BCUT2D eigenvalue weighted by Gasteiger charge is -2.31. The van der Waals surface area contributed by atoms with E-state index in [0.717, 1.165) is 30.4 Å². The van der Waals surface area contributed by atoms with Crippen molar-refractivity contribution in [3.8, 4) is 11.3 Å². The number of nitrogens with one attached hydrogen (secondary N) is 1. The van der Waals surface area contributed by atoms with E-state index in [9.17, 15) is 0 Å². The van der Waals surface area contributed by atoms with Crippen molar-refractivity contribution in [2.75, 3.05) is 13.1 Å². The Kier molecular flexibility index (Phi) is 4.86. The van der Waals surface area contributed by atoms with Crippen LogP contribution in [-0.4, -0.2) is 28.2 Å². The number of aromatic amines is 1. The Morgan fingerprint density at radius 3 is 2.44 bits per heavy atom. The van der Waals surface area contributed by atoms with Crippen molar-refractivity contribution in [1.82, 2.24) is 15.1 Å². The fraction of sp³-hybridized carbons (Fsp3) is 0.286. The minimum absolute atomic E-state index is 0.575. The molecule has 1 saturated heterocycles. The van der Waals surface area contributed by atoms with Crippen LogP contribution in [0.5, 0.6) is 0 Å². The molecule has 128 valence electrons. The highest BCUT2D eigenvalue weighted by atomic mass is 35.5. The van der Waals surface area contributed by atoms with E-state index in [1.54, 1.807) is 0 Å². The van der Waals surface area contributed by atoms with Gasteiger partial charge in [-0.1, -0.05) is 54.1 Å². The monoisotopic (exact) mass is 351 g/mol. The van der Waals surface area contributed by atoms with Gasteiger partial charge in [-0.25, -0.2) is 0 Å². The molecule has 4 rings (SSSR count). The lowest BCUT2D eigenvalue weighted by atomic mass is 9.93. The Balaban J connectivity index is 1.36. The number of rotatable bonds is 4. The first-order chi connectivity index (χ1) is 12.3. The van der Waals surface area contributed by atoms with Crippen LogP contribution >= 0.6 is 11.6 Å². The van der Waals surface area contributed by atoms with Gasteiger partial charge >= 0.3 is 0 Å². The summed E-state index contributed by atoms with van der Waals surface area (Å²) in [5, 5.41) is 8.57. The van der Waals surface area contributed by atoms with Crippen LogP contribution in [0.2, 0.25) is 5.02 Å². The SMILES string of the molecule is Clc1ccc(CN2CCC(c3cc(-c4ccccc4)n[nH]3)CC2)cc1. The van der Waals surface area contributed by atoms with E-state index in [-0.39, 0.29) is 0 Å². The smallest absolute Gasteiger partial charge is 0.0923 e. The lowest BCUT2D eigenvalue weighted by Crippen LogP contribution is -2.32. The van der Waals surface area contributed by atoms with Gasteiger partial charge < -0.3 is 0 Å². The minimum Gasteiger partial charge on any atom is -0.299 e. The average Bonchev–Trinajstić information content (AvgIpc) is 3.15. The van der Waals surface area contributed by atoms with Crippen molar-refractivity contribution in [3.63, 3.8) is 0 Å². The first-order valence-corrected chi connectivity index (χ1v) is 9.23. The number of likely N-dealkylation sites (tertiary alicyclic amines) is 1. The summed E-state index contributed by atoms with van der Waals surface area (Å²) < 4.78 is 0. The van der Waals surface area contributed by atoms with Crippen LogP contribution in [0, 0.1) is 0 Å². The zero-order valence-corrected chi connectivity index (χ0v) is 14.9. The molecule has 0 aliphatic carbocycles. The molecule has 4 heteroatoms. The molecule has 2 heterocycles. The van der Waals surface area contributed by atoms with Gasteiger partial charge in [0.1, 0.15) is 0 Å². The normalized spacial score (nSPS) is 16.2. The van der Waals surface area contributed by atoms with Gasteiger partial charge in [-0.05, 0) is 49.7 Å².